The number of anilines is 1. The predicted molar refractivity (Wildman–Crippen MR) is 75.6 cm³/mol. The minimum Gasteiger partial charge on any atom is -0.478 e. The second-order valence-corrected chi connectivity index (χ2v) is 5.87. The highest BCUT2D eigenvalue weighted by molar-refractivity contribution is 9.10. The number of hydrogen-bond donors (Lipinski definition) is 2. The summed E-state index contributed by atoms with van der Waals surface area (Å²) in [5.41, 5.74) is 1.67. The fourth-order valence-electron chi connectivity index (χ4n) is 2.04. The summed E-state index contributed by atoms with van der Waals surface area (Å²) in [4.78, 5) is 24.5. The number of halogens is 1. The lowest BCUT2D eigenvalue weighted by atomic mass is 10.1. The molecule has 0 aromatic heterocycles. The Labute approximate surface area is 119 Å². The molecule has 96 valence electrons. The number of aromatic carboxylic acids is 1. The molecular formula is C12H12BrNO3S. The summed E-state index contributed by atoms with van der Waals surface area (Å²) < 4.78 is 0.519. The number of benzene rings is 1. The van der Waals surface area contributed by atoms with Gasteiger partial charge in [0.15, 0.2) is 0 Å². The monoisotopic (exact) mass is 329 g/mol. The number of amides is 1. The molecule has 0 radical (unpaired) electrons. The number of thiol groups is 1. The SMILES string of the molecule is Cc1cc(Br)c(C(=O)O)cc1N1CC(S)CC1=O. The summed E-state index contributed by atoms with van der Waals surface area (Å²) >= 11 is 7.51. The first-order valence-electron chi connectivity index (χ1n) is 5.42. The Morgan fingerprint density at radius 1 is 1.56 bits per heavy atom. The maximum absolute atomic E-state index is 11.8. The molecule has 1 aromatic carbocycles. The highest BCUT2D eigenvalue weighted by atomic mass is 79.9. The zero-order valence-corrected chi connectivity index (χ0v) is 12.2. The van der Waals surface area contributed by atoms with Crippen LogP contribution in [0, 0.1) is 6.92 Å². The molecule has 6 heteroatoms. The lowest BCUT2D eigenvalue weighted by molar-refractivity contribution is -0.117. The van der Waals surface area contributed by atoms with E-state index >= 15 is 0 Å². The first-order chi connectivity index (χ1) is 8.40. The van der Waals surface area contributed by atoms with Gasteiger partial charge in [0.05, 0.1) is 5.56 Å². The van der Waals surface area contributed by atoms with Crippen LogP contribution in [-0.4, -0.2) is 28.8 Å². The van der Waals surface area contributed by atoms with E-state index in [2.05, 4.69) is 28.6 Å². The van der Waals surface area contributed by atoms with Gasteiger partial charge >= 0.3 is 5.97 Å². The van der Waals surface area contributed by atoms with Crippen LogP contribution in [-0.2, 0) is 4.79 Å². The van der Waals surface area contributed by atoms with Gasteiger partial charge in [0, 0.05) is 28.4 Å². The van der Waals surface area contributed by atoms with E-state index < -0.39 is 5.97 Å². The Kier molecular flexibility index (Phi) is 3.68. The van der Waals surface area contributed by atoms with Crippen LogP contribution in [0.3, 0.4) is 0 Å². The molecule has 1 N–H and O–H groups in total. The van der Waals surface area contributed by atoms with Crippen LogP contribution in [0.4, 0.5) is 5.69 Å². The van der Waals surface area contributed by atoms with Crippen molar-refractivity contribution < 1.29 is 14.7 Å². The lowest BCUT2D eigenvalue weighted by Gasteiger charge is -2.19. The number of aryl methyl sites for hydroxylation is 1. The zero-order chi connectivity index (χ0) is 13.4. The van der Waals surface area contributed by atoms with Crippen LogP contribution in [0.1, 0.15) is 22.3 Å². The second-order valence-electron chi connectivity index (χ2n) is 4.29. The van der Waals surface area contributed by atoms with Gasteiger partial charge in [-0.3, -0.25) is 4.79 Å². The first kappa shape index (κ1) is 13.4. The topological polar surface area (TPSA) is 57.6 Å². The maximum Gasteiger partial charge on any atom is 0.336 e. The fraction of sp³-hybridized carbons (Fsp3) is 0.333. The van der Waals surface area contributed by atoms with Gasteiger partial charge in [-0.25, -0.2) is 4.79 Å². The van der Waals surface area contributed by atoms with Crippen molar-refractivity contribution >= 4 is 46.1 Å². The van der Waals surface area contributed by atoms with Crippen molar-refractivity contribution in [3.8, 4) is 0 Å². The average molecular weight is 330 g/mol. The Hall–Kier alpha value is -1.01. The molecule has 1 atom stereocenters. The average Bonchev–Trinajstić information content (AvgIpc) is 2.57. The molecule has 1 fully saturated rings. The third kappa shape index (κ3) is 2.40. The number of carboxylic acids is 1. The minimum atomic E-state index is -1.02. The predicted octanol–water partition coefficient (Wildman–Crippen LogP) is 2.49. The highest BCUT2D eigenvalue weighted by Crippen LogP contribution is 2.31. The molecule has 4 nitrogen and oxygen atoms in total. The number of nitrogens with zero attached hydrogens (tertiary/aromatic N) is 1. The van der Waals surface area contributed by atoms with Crippen molar-refractivity contribution in [3.05, 3.63) is 27.7 Å². The molecule has 0 saturated carbocycles. The Balaban J connectivity index is 2.48. The first-order valence-corrected chi connectivity index (χ1v) is 6.73. The molecule has 1 heterocycles. The van der Waals surface area contributed by atoms with Crippen molar-refractivity contribution in [1.82, 2.24) is 0 Å². The van der Waals surface area contributed by atoms with E-state index in [1.165, 1.54) is 6.07 Å². The van der Waals surface area contributed by atoms with E-state index in [9.17, 15) is 9.59 Å². The van der Waals surface area contributed by atoms with E-state index in [4.69, 9.17) is 5.11 Å². The normalized spacial score (nSPS) is 19.4. The van der Waals surface area contributed by atoms with E-state index in [1.807, 2.05) is 6.92 Å². The summed E-state index contributed by atoms with van der Waals surface area (Å²) in [5.74, 6) is -1.03. The van der Waals surface area contributed by atoms with Crippen LogP contribution in [0.2, 0.25) is 0 Å². The smallest absolute Gasteiger partial charge is 0.336 e. The van der Waals surface area contributed by atoms with Crippen molar-refractivity contribution in [2.75, 3.05) is 11.4 Å². The standard InChI is InChI=1S/C12H12BrNO3S/c1-6-2-9(13)8(12(16)17)4-10(6)14-5-7(18)3-11(14)15/h2,4,7,18H,3,5H2,1H3,(H,16,17). The maximum atomic E-state index is 11.8. The number of carbonyl (C=O) groups is 2. The Morgan fingerprint density at radius 2 is 2.22 bits per heavy atom. The van der Waals surface area contributed by atoms with Gasteiger partial charge in [0.2, 0.25) is 5.91 Å². The molecule has 2 rings (SSSR count). The number of rotatable bonds is 2. The van der Waals surface area contributed by atoms with Crippen LogP contribution >= 0.6 is 28.6 Å². The molecule has 0 bridgehead atoms. The highest BCUT2D eigenvalue weighted by Gasteiger charge is 2.30. The van der Waals surface area contributed by atoms with Gasteiger partial charge in [-0.1, -0.05) is 0 Å². The fourth-order valence-corrected chi connectivity index (χ4v) is 2.98. The van der Waals surface area contributed by atoms with Crippen LogP contribution in [0.25, 0.3) is 0 Å². The van der Waals surface area contributed by atoms with E-state index in [0.29, 0.717) is 23.1 Å². The number of hydrogen-bond acceptors (Lipinski definition) is 3. The van der Waals surface area contributed by atoms with Crippen molar-refractivity contribution in [2.45, 2.75) is 18.6 Å². The number of carboxylic acid groups (broad SMARTS) is 1. The summed E-state index contributed by atoms with van der Waals surface area (Å²) in [6, 6.07) is 3.25. The molecule has 18 heavy (non-hydrogen) atoms. The van der Waals surface area contributed by atoms with Gasteiger partial charge < -0.3 is 10.0 Å². The summed E-state index contributed by atoms with van der Waals surface area (Å²) in [5, 5.41) is 9.10. The van der Waals surface area contributed by atoms with Gasteiger partial charge in [-0.05, 0) is 40.5 Å². The van der Waals surface area contributed by atoms with Crippen molar-refractivity contribution in [2.24, 2.45) is 0 Å². The van der Waals surface area contributed by atoms with Crippen LogP contribution in [0.5, 0.6) is 0 Å². The largest absolute Gasteiger partial charge is 0.478 e. The minimum absolute atomic E-state index is 0.00817. The van der Waals surface area contributed by atoms with Gasteiger partial charge in [0.25, 0.3) is 0 Å². The Morgan fingerprint density at radius 3 is 2.72 bits per heavy atom. The Bertz CT molecular complexity index is 532. The van der Waals surface area contributed by atoms with Crippen LogP contribution < -0.4 is 4.90 Å². The second kappa shape index (κ2) is 4.93. The van der Waals surface area contributed by atoms with Gasteiger partial charge in [-0.15, -0.1) is 0 Å². The van der Waals surface area contributed by atoms with Crippen molar-refractivity contribution in [1.29, 1.82) is 0 Å². The molecule has 1 aliphatic rings. The lowest BCUT2D eigenvalue weighted by Crippen LogP contribution is -2.25. The van der Waals surface area contributed by atoms with Gasteiger partial charge in [0.1, 0.15) is 0 Å². The molecule has 1 aromatic rings. The number of carbonyl (C=O) groups excluding carboxylic acids is 1. The summed E-state index contributed by atoms with van der Waals surface area (Å²) in [6.45, 7) is 2.37. The zero-order valence-electron chi connectivity index (χ0n) is 9.68. The van der Waals surface area contributed by atoms with Crippen LogP contribution in [0.15, 0.2) is 16.6 Å². The summed E-state index contributed by atoms with van der Waals surface area (Å²) in [6.07, 6.45) is 0.390. The van der Waals surface area contributed by atoms with E-state index in [-0.39, 0.29) is 16.7 Å². The quantitative estimate of drug-likeness (QED) is 0.819. The van der Waals surface area contributed by atoms with E-state index in [0.717, 1.165) is 5.56 Å². The molecule has 1 unspecified atom stereocenters. The van der Waals surface area contributed by atoms with Gasteiger partial charge in [-0.2, -0.15) is 12.6 Å². The molecule has 1 aliphatic heterocycles. The molecule has 0 aliphatic carbocycles. The van der Waals surface area contributed by atoms with Crippen molar-refractivity contribution in [3.63, 3.8) is 0 Å². The molecule has 0 spiro atoms. The molecule has 1 amide bonds. The third-order valence-electron chi connectivity index (χ3n) is 2.91. The summed E-state index contributed by atoms with van der Waals surface area (Å²) in [7, 11) is 0. The van der Waals surface area contributed by atoms with E-state index in [1.54, 1.807) is 11.0 Å². The third-order valence-corrected chi connectivity index (χ3v) is 3.91. The molecular weight excluding hydrogens is 318 g/mol. The molecule has 1 saturated heterocycles.